The van der Waals surface area contributed by atoms with Crippen molar-refractivity contribution in [2.75, 3.05) is 0 Å². The van der Waals surface area contributed by atoms with E-state index < -0.39 is 0 Å². The van der Waals surface area contributed by atoms with E-state index in [1.165, 1.54) is 0 Å². The molecule has 2 heterocycles. The van der Waals surface area contributed by atoms with Gasteiger partial charge in [-0.25, -0.2) is 15.0 Å². The van der Waals surface area contributed by atoms with Crippen molar-refractivity contribution < 1.29 is 4.42 Å². The summed E-state index contributed by atoms with van der Waals surface area (Å²) < 4.78 is 6.35. The Hall–Kier alpha value is -5.86. The molecular weight excluding hydrogens is 504 g/mol. The predicted octanol–water partition coefficient (Wildman–Crippen LogP) is 8.95. The fourth-order valence-electron chi connectivity index (χ4n) is 5.61. The molecule has 190 valence electrons. The van der Waals surface area contributed by atoms with Crippen molar-refractivity contribution in [3.63, 3.8) is 0 Å². The number of nitriles is 1. The van der Waals surface area contributed by atoms with Crippen molar-refractivity contribution >= 4 is 43.5 Å². The monoisotopic (exact) mass is 524 g/mol. The number of rotatable bonds is 3. The van der Waals surface area contributed by atoms with Gasteiger partial charge in [0.25, 0.3) is 0 Å². The van der Waals surface area contributed by atoms with Crippen LogP contribution in [0.4, 0.5) is 0 Å². The van der Waals surface area contributed by atoms with Crippen molar-refractivity contribution in [1.29, 1.82) is 5.26 Å². The van der Waals surface area contributed by atoms with Gasteiger partial charge in [-0.2, -0.15) is 5.26 Å². The summed E-state index contributed by atoms with van der Waals surface area (Å²) in [5, 5.41) is 15.9. The summed E-state index contributed by atoms with van der Waals surface area (Å²) in [4.78, 5) is 15.0. The van der Waals surface area contributed by atoms with E-state index >= 15 is 0 Å². The van der Waals surface area contributed by atoms with Crippen LogP contribution in [0.25, 0.3) is 77.6 Å². The lowest BCUT2D eigenvalue weighted by Gasteiger charge is -2.12. The van der Waals surface area contributed by atoms with Gasteiger partial charge in [-0.3, -0.25) is 0 Å². The second-order valence-electron chi connectivity index (χ2n) is 9.97. The molecule has 0 aliphatic heterocycles. The smallest absolute Gasteiger partial charge is 0.167 e. The van der Waals surface area contributed by atoms with E-state index in [-0.39, 0.29) is 0 Å². The van der Waals surface area contributed by atoms with E-state index in [0.717, 1.165) is 60.2 Å². The highest BCUT2D eigenvalue weighted by molar-refractivity contribution is 6.14. The van der Waals surface area contributed by atoms with Crippen LogP contribution in [0.3, 0.4) is 0 Å². The van der Waals surface area contributed by atoms with Gasteiger partial charge in [-0.15, -0.1) is 0 Å². The highest BCUT2D eigenvalue weighted by Gasteiger charge is 2.19. The molecule has 5 nitrogen and oxygen atoms in total. The molecule has 0 saturated carbocycles. The van der Waals surface area contributed by atoms with Gasteiger partial charge >= 0.3 is 0 Å². The van der Waals surface area contributed by atoms with Crippen LogP contribution in [0.15, 0.2) is 126 Å². The third-order valence-electron chi connectivity index (χ3n) is 7.56. The van der Waals surface area contributed by atoms with Crippen LogP contribution in [0, 0.1) is 11.3 Å². The van der Waals surface area contributed by atoms with E-state index in [1.807, 2.05) is 48.5 Å². The van der Waals surface area contributed by atoms with Gasteiger partial charge in [0.15, 0.2) is 17.5 Å². The molecule has 0 unspecified atom stereocenters. The minimum Gasteiger partial charge on any atom is -0.455 e. The first-order chi connectivity index (χ1) is 20.3. The molecule has 2 aromatic heterocycles. The Morgan fingerprint density at radius 3 is 2.00 bits per heavy atom. The molecule has 8 rings (SSSR count). The van der Waals surface area contributed by atoms with Crippen LogP contribution in [0.5, 0.6) is 0 Å². The summed E-state index contributed by atoms with van der Waals surface area (Å²) in [7, 11) is 0. The van der Waals surface area contributed by atoms with Gasteiger partial charge in [0, 0.05) is 27.3 Å². The van der Waals surface area contributed by atoms with Gasteiger partial charge in [0.2, 0.25) is 0 Å². The molecular formula is C36H20N4O. The number of nitrogens with zero attached hydrogens (tertiary/aromatic N) is 4. The summed E-state index contributed by atoms with van der Waals surface area (Å²) in [5.41, 5.74) is 4.65. The van der Waals surface area contributed by atoms with Gasteiger partial charge in [0.1, 0.15) is 11.2 Å². The highest BCUT2D eigenvalue weighted by atomic mass is 16.3. The molecule has 0 saturated heterocycles. The SMILES string of the molecule is N#Cc1ccc(-c2nc(-c3cccc4c3oc3ccccc34)nc(-c3cccc4ccc5ccccc5c34)n2)cc1. The van der Waals surface area contributed by atoms with Gasteiger partial charge < -0.3 is 4.42 Å². The van der Waals surface area contributed by atoms with E-state index in [0.29, 0.717) is 23.0 Å². The quantitative estimate of drug-likeness (QED) is 0.216. The van der Waals surface area contributed by atoms with Crippen molar-refractivity contribution in [3.8, 4) is 40.2 Å². The number of para-hydroxylation sites is 2. The fourth-order valence-corrected chi connectivity index (χ4v) is 5.61. The number of furan rings is 1. The van der Waals surface area contributed by atoms with Crippen molar-refractivity contribution in [2.45, 2.75) is 0 Å². The minimum absolute atomic E-state index is 0.524. The molecule has 0 amide bonds. The fraction of sp³-hybridized carbons (Fsp3) is 0. The van der Waals surface area contributed by atoms with E-state index in [2.05, 4.69) is 66.7 Å². The first-order valence-corrected chi connectivity index (χ1v) is 13.3. The number of benzene rings is 6. The molecule has 0 bridgehead atoms. The summed E-state index contributed by atoms with van der Waals surface area (Å²) in [6, 6.07) is 42.5. The lowest BCUT2D eigenvalue weighted by atomic mass is 9.97. The summed E-state index contributed by atoms with van der Waals surface area (Å²) in [6.07, 6.45) is 0. The largest absolute Gasteiger partial charge is 0.455 e. The number of aromatic nitrogens is 3. The molecule has 0 aliphatic rings. The zero-order valence-corrected chi connectivity index (χ0v) is 21.7. The van der Waals surface area contributed by atoms with Crippen molar-refractivity contribution in [1.82, 2.24) is 15.0 Å². The maximum Gasteiger partial charge on any atom is 0.167 e. The zero-order valence-electron chi connectivity index (χ0n) is 21.7. The van der Waals surface area contributed by atoms with E-state index in [1.54, 1.807) is 12.1 Å². The molecule has 6 aromatic carbocycles. The maximum absolute atomic E-state index is 9.33. The second kappa shape index (κ2) is 9.11. The van der Waals surface area contributed by atoms with E-state index in [4.69, 9.17) is 19.4 Å². The Morgan fingerprint density at radius 2 is 1.15 bits per heavy atom. The Morgan fingerprint density at radius 1 is 0.512 bits per heavy atom. The van der Waals surface area contributed by atoms with Crippen LogP contribution in [-0.4, -0.2) is 15.0 Å². The Bertz CT molecular complexity index is 2330. The number of hydrogen-bond donors (Lipinski definition) is 0. The highest BCUT2D eigenvalue weighted by Crippen LogP contribution is 2.37. The van der Waals surface area contributed by atoms with Crippen LogP contribution in [-0.2, 0) is 0 Å². The predicted molar refractivity (Wildman–Crippen MR) is 163 cm³/mol. The Labute approximate surface area is 235 Å². The van der Waals surface area contributed by atoms with Crippen LogP contribution >= 0.6 is 0 Å². The minimum atomic E-state index is 0.524. The molecule has 0 N–H and O–H groups in total. The van der Waals surface area contributed by atoms with Crippen molar-refractivity contribution in [2.24, 2.45) is 0 Å². The molecule has 0 aliphatic carbocycles. The summed E-state index contributed by atoms with van der Waals surface area (Å²) in [6.45, 7) is 0. The van der Waals surface area contributed by atoms with E-state index in [9.17, 15) is 5.26 Å². The zero-order chi connectivity index (χ0) is 27.3. The Kier molecular flexibility index (Phi) is 5.13. The molecule has 0 spiro atoms. The standard InChI is InChI=1S/C36H20N4O/c37-21-22-15-17-25(18-16-22)34-38-35(29-12-5-8-24-20-19-23-7-1-2-9-26(23)32(24)29)40-36(39-34)30-13-6-11-28-27-10-3-4-14-31(27)41-33(28)30/h1-20H. The third kappa shape index (κ3) is 3.74. The van der Waals surface area contributed by atoms with Crippen LogP contribution < -0.4 is 0 Å². The van der Waals surface area contributed by atoms with Crippen LogP contribution in [0.2, 0.25) is 0 Å². The van der Waals surface area contributed by atoms with Gasteiger partial charge in [-0.1, -0.05) is 84.9 Å². The average molecular weight is 525 g/mol. The summed E-state index contributed by atoms with van der Waals surface area (Å²) >= 11 is 0. The second-order valence-corrected chi connectivity index (χ2v) is 9.97. The number of hydrogen-bond acceptors (Lipinski definition) is 5. The lowest BCUT2D eigenvalue weighted by molar-refractivity contribution is 0.669. The van der Waals surface area contributed by atoms with Gasteiger partial charge in [-0.05, 0) is 52.6 Å². The molecule has 0 atom stereocenters. The lowest BCUT2D eigenvalue weighted by Crippen LogP contribution is -2.01. The first kappa shape index (κ1) is 23.1. The normalized spacial score (nSPS) is 11.4. The third-order valence-corrected chi connectivity index (χ3v) is 7.56. The summed E-state index contributed by atoms with van der Waals surface area (Å²) in [5.74, 6) is 1.63. The molecule has 5 heteroatoms. The molecule has 0 radical (unpaired) electrons. The maximum atomic E-state index is 9.33. The number of fused-ring (bicyclic) bond motifs is 6. The molecule has 41 heavy (non-hydrogen) atoms. The van der Waals surface area contributed by atoms with Crippen LogP contribution in [0.1, 0.15) is 5.56 Å². The first-order valence-electron chi connectivity index (χ1n) is 13.3. The molecule has 0 fully saturated rings. The average Bonchev–Trinajstić information content (AvgIpc) is 3.43. The van der Waals surface area contributed by atoms with Gasteiger partial charge in [0.05, 0.1) is 17.2 Å². The topological polar surface area (TPSA) is 75.6 Å². The van der Waals surface area contributed by atoms with Crippen molar-refractivity contribution in [3.05, 3.63) is 127 Å². The molecule has 8 aromatic rings. The Balaban J connectivity index is 1.44.